The Morgan fingerprint density at radius 1 is 1.38 bits per heavy atom. The quantitative estimate of drug-likeness (QED) is 0.845. The van der Waals surface area contributed by atoms with Crippen molar-refractivity contribution in [2.75, 3.05) is 19.7 Å². The van der Waals surface area contributed by atoms with Crippen molar-refractivity contribution in [2.24, 2.45) is 0 Å². The predicted molar refractivity (Wildman–Crippen MR) is 64.9 cm³/mol. The molecule has 16 heavy (non-hydrogen) atoms. The molecule has 2 heterocycles. The van der Waals surface area contributed by atoms with Gasteiger partial charge in [0.1, 0.15) is 5.75 Å². The number of rotatable bonds is 4. The predicted octanol–water partition coefficient (Wildman–Crippen LogP) is 2.34. The molecule has 1 aromatic rings. The van der Waals surface area contributed by atoms with E-state index in [2.05, 4.69) is 23.3 Å². The van der Waals surface area contributed by atoms with Crippen molar-refractivity contribution < 1.29 is 4.74 Å². The van der Waals surface area contributed by atoms with Gasteiger partial charge < -0.3 is 10.1 Å². The highest BCUT2D eigenvalue weighted by atomic mass is 16.5. The first-order valence-electron chi connectivity index (χ1n) is 6.18. The Balaban J connectivity index is 2.02. The van der Waals surface area contributed by atoms with Crippen LogP contribution in [0.3, 0.4) is 0 Å². The summed E-state index contributed by atoms with van der Waals surface area (Å²) in [6.07, 6.45) is 7.24. The molecule has 0 aromatic carbocycles. The van der Waals surface area contributed by atoms with Gasteiger partial charge in [-0.2, -0.15) is 0 Å². The van der Waals surface area contributed by atoms with Crippen LogP contribution in [0.15, 0.2) is 18.5 Å². The minimum Gasteiger partial charge on any atom is -0.492 e. The molecule has 88 valence electrons. The minimum absolute atomic E-state index is 0.652. The summed E-state index contributed by atoms with van der Waals surface area (Å²) in [4.78, 5) is 4.27. The van der Waals surface area contributed by atoms with Gasteiger partial charge in [0.05, 0.1) is 12.8 Å². The van der Waals surface area contributed by atoms with Crippen LogP contribution in [0, 0.1) is 0 Å². The number of aromatic nitrogens is 1. The average molecular weight is 220 g/mol. The highest BCUT2D eigenvalue weighted by Gasteiger charge is 2.15. The van der Waals surface area contributed by atoms with E-state index in [4.69, 9.17) is 4.74 Å². The molecule has 0 bridgehead atoms. The Hall–Kier alpha value is -1.09. The van der Waals surface area contributed by atoms with Crippen molar-refractivity contribution in [1.29, 1.82) is 0 Å². The van der Waals surface area contributed by atoms with Crippen molar-refractivity contribution in [3.63, 3.8) is 0 Å². The summed E-state index contributed by atoms with van der Waals surface area (Å²) >= 11 is 0. The van der Waals surface area contributed by atoms with E-state index in [1.54, 1.807) is 6.20 Å². The first kappa shape index (κ1) is 11.4. The Morgan fingerprint density at radius 2 is 2.19 bits per heavy atom. The lowest BCUT2D eigenvalue weighted by molar-refractivity contribution is 0.315. The van der Waals surface area contributed by atoms with E-state index in [-0.39, 0.29) is 0 Å². The number of nitrogens with one attached hydrogen (secondary N) is 1. The van der Waals surface area contributed by atoms with Gasteiger partial charge in [0.15, 0.2) is 0 Å². The Kier molecular flexibility index (Phi) is 4.17. The normalized spacial score (nSPS) is 17.3. The van der Waals surface area contributed by atoms with Crippen LogP contribution in [0.4, 0.5) is 0 Å². The highest BCUT2D eigenvalue weighted by Crippen LogP contribution is 2.26. The van der Waals surface area contributed by atoms with Crippen LogP contribution < -0.4 is 10.1 Å². The molecular weight excluding hydrogens is 200 g/mol. The third kappa shape index (κ3) is 2.95. The van der Waals surface area contributed by atoms with E-state index in [1.165, 1.54) is 18.4 Å². The zero-order valence-corrected chi connectivity index (χ0v) is 9.91. The van der Waals surface area contributed by atoms with Gasteiger partial charge in [-0.15, -0.1) is 0 Å². The molecule has 2 rings (SSSR count). The van der Waals surface area contributed by atoms with E-state index in [9.17, 15) is 0 Å². The summed E-state index contributed by atoms with van der Waals surface area (Å²) in [6.45, 7) is 5.12. The first-order valence-corrected chi connectivity index (χ1v) is 6.18. The van der Waals surface area contributed by atoms with Crippen LogP contribution in [0.1, 0.15) is 37.7 Å². The highest BCUT2D eigenvalue weighted by molar-refractivity contribution is 5.26. The fourth-order valence-electron chi connectivity index (χ4n) is 2.11. The molecule has 1 aromatic heterocycles. The lowest BCUT2D eigenvalue weighted by Crippen LogP contribution is -2.26. The largest absolute Gasteiger partial charge is 0.492 e. The summed E-state index contributed by atoms with van der Waals surface area (Å²) < 4.78 is 5.61. The molecule has 3 nitrogen and oxygen atoms in total. The Labute approximate surface area is 97.2 Å². The Bertz CT molecular complexity index is 321. The molecule has 0 spiro atoms. The fraction of sp³-hybridized carbons (Fsp3) is 0.615. The van der Waals surface area contributed by atoms with Crippen molar-refractivity contribution in [3.8, 4) is 5.75 Å². The molecule has 0 atom stereocenters. The number of hydrogen-bond acceptors (Lipinski definition) is 3. The first-order chi connectivity index (χ1) is 7.90. The zero-order valence-electron chi connectivity index (χ0n) is 9.91. The molecule has 0 unspecified atom stereocenters. The summed E-state index contributed by atoms with van der Waals surface area (Å²) in [5.41, 5.74) is 1.33. The summed E-state index contributed by atoms with van der Waals surface area (Å²) in [7, 11) is 0. The minimum atomic E-state index is 0.652. The van der Waals surface area contributed by atoms with Crippen molar-refractivity contribution in [2.45, 2.75) is 32.1 Å². The van der Waals surface area contributed by atoms with Crippen LogP contribution in [-0.4, -0.2) is 24.7 Å². The van der Waals surface area contributed by atoms with Crippen LogP contribution in [0.2, 0.25) is 0 Å². The van der Waals surface area contributed by atoms with Gasteiger partial charge in [-0.05, 0) is 49.9 Å². The third-order valence-corrected chi connectivity index (χ3v) is 3.02. The van der Waals surface area contributed by atoms with Gasteiger partial charge in [0, 0.05) is 6.20 Å². The van der Waals surface area contributed by atoms with Crippen LogP contribution in [0.25, 0.3) is 0 Å². The van der Waals surface area contributed by atoms with Crippen molar-refractivity contribution >= 4 is 0 Å². The van der Waals surface area contributed by atoms with Gasteiger partial charge >= 0.3 is 0 Å². The standard InChI is InChI=1S/C13H20N2O/c1-2-7-16-13-8-12(9-15-10-13)11-3-5-14-6-4-11/h8-11,14H,2-7H2,1H3. The Morgan fingerprint density at radius 3 is 2.94 bits per heavy atom. The lowest BCUT2D eigenvalue weighted by Gasteiger charge is -2.22. The number of hydrogen-bond donors (Lipinski definition) is 1. The molecule has 0 aliphatic carbocycles. The second kappa shape index (κ2) is 5.85. The number of piperidine rings is 1. The SMILES string of the molecule is CCCOc1cncc(C2CCNCC2)c1. The molecule has 1 fully saturated rings. The molecule has 1 N–H and O–H groups in total. The molecule has 3 heteroatoms. The second-order valence-corrected chi connectivity index (χ2v) is 4.33. The van der Waals surface area contributed by atoms with E-state index < -0.39 is 0 Å². The number of ether oxygens (including phenoxy) is 1. The molecule has 0 amide bonds. The molecular formula is C13H20N2O. The van der Waals surface area contributed by atoms with Gasteiger partial charge in [0.25, 0.3) is 0 Å². The third-order valence-electron chi connectivity index (χ3n) is 3.02. The average Bonchev–Trinajstić information content (AvgIpc) is 2.38. The van der Waals surface area contributed by atoms with Crippen LogP contribution in [-0.2, 0) is 0 Å². The van der Waals surface area contributed by atoms with Crippen molar-refractivity contribution in [1.82, 2.24) is 10.3 Å². The molecule has 1 saturated heterocycles. The summed E-state index contributed by atoms with van der Waals surface area (Å²) in [5.74, 6) is 1.57. The maximum Gasteiger partial charge on any atom is 0.137 e. The molecule has 1 aliphatic rings. The smallest absolute Gasteiger partial charge is 0.137 e. The number of nitrogens with zero attached hydrogens (tertiary/aromatic N) is 1. The van der Waals surface area contributed by atoms with Gasteiger partial charge in [0.2, 0.25) is 0 Å². The van der Waals surface area contributed by atoms with E-state index in [0.29, 0.717) is 5.92 Å². The number of pyridine rings is 1. The molecule has 0 radical (unpaired) electrons. The van der Waals surface area contributed by atoms with E-state index in [0.717, 1.165) is 31.9 Å². The topological polar surface area (TPSA) is 34.1 Å². The van der Waals surface area contributed by atoms with E-state index in [1.807, 2.05) is 6.20 Å². The zero-order chi connectivity index (χ0) is 11.2. The maximum atomic E-state index is 5.61. The lowest BCUT2D eigenvalue weighted by atomic mass is 9.91. The van der Waals surface area contributed by atoms with E-state index >= 15 is 0 Å². The molecule has 1 aliphatic heterocycles. The van der Waals surface area contributed by atoms with Gasteiger partial charge in [-0.25, -0.2) is 0 Å². The molecule has 0 saturated carbocycles. The second-order valence-electron chi connectivity index (χ2n) is 4.33. The summed E-state index contributed by atoms with van der Waals surface area (Å²) in [6, 6.07) is 2.15. The van der Waals surface area contributed by atoms with Gasteiger partial charge in [-0.3, -0.25) is 4.98 Å². The van der Waals surface area contributed by atoms with Crippen LogP contribution in [0.5, 0.6) is 5.75 Å². The van der Waals surface area contributed by atoms with Gasteiger partial charge in [-0.1, -0.05) is 6.92 Å². The van der Waals surface area contributed by atoms with Crippen molar-refractivity contribution in [3.05, 3.63) is 24.0 Å². The summed E-state index contributed by atoms with van der Waals surface area (Å²) in [5, 5.41) is 3.38. The fourth-order valence-corrected chi connectivity index (χ4v) is 2.11. The van der Waals surface area contributed by atoms with Crippen LogP contribution >= 0.6 is 0 Å². The maximum absolute atomic E-state index is 5.61. The monoisotopic (exact) mass is 220 g/mol.